The average Bonchev–Trinajstić information content (AvgIpc) is 2.81. The van der Waals surface area contributed by atoms with Crippen molar-refractivity contribution in [2.75, 3.05) is 13.2 Å². The topological polar surface area (TPSA) is 41.5 Å². The van der Waals surface area contributed by atoms with E-state index in [0.717, 1.165) is 19.1 Å². The van der Waals surface area contributed by atoms with Crippen LogP contribution in [0.5, 0.6) is 0 Å². The molecule has 2 saturated carbocycles. The number of hydrogen-bond donors (Lipinski definition) is 2. The summed E-state index contributed by atoms with van der Waals surface area (Å²) >= 11 is 0. The van der Waals surface area contributed by atoms with Crippen molar-refractivity contribution in [3.63, 3.8) is 0 Å². The average molecular weight is 323 g/mol. The predicted molar refractivity (Wildman–Crippen MR) is 81.9 cm³/mol. The first-order valence-corrected chi connectivity index (χ1v) is 8.47. The summed E-state index contributed by atoms with van der Waals surface area (Å²) in [5.74, 6) is -0.830. The molecule has 1 spiro atoms. The van der Waals surface area contributed by atoms with Gasteiger partial charge in [0.05, 0.1) is 6.10 Å². The first-order valence-electron chi connectivity index (χ1n) is 8.47. The number of hydrogen-bond acceptors (Lipinski definition) is 3. The van der Waals surface area contributed by atoms with E-state index in [-0.39, 0.29) is 17.5 Å². The van der Waals surface area contributed by atoms with Gasteiger partial charge in [-0.3, -0.25) is 0 Å². The van der Waals surface area contributed by atoms with Crippen LogP contribution < -0.4 is 5.32 Å². The molecular formula is C18H23F2NO2. The molecule has 1 saturated heterocycles. The Bertz CT molecular complexity index is 615. The lowest BCUT2D eigenvalue weighted by molar-refractivity contribution is -0.178. The molecule has 0 amide bonds. The molecule has 4 atom stereocenters. The minimum Gasteiger partial charge on any atom is -0.384 e. The number of benzene rings is 1. The first-order chi connectivity index (χ1) is 10.9. The summed E-state index contributed by atoms with van der Waals surface area (Å²) in [6.45, 7) is 2.65. The summed E-state index contributed by atoms with van der Waals surface area (Å²) < 4.78 is 32.9. The molecule has 0 bridgehead atoms. The van der Waals surface area contributed by atoms with Gasteiger partial charge in [0, 0.05) is 42.2 Å². The summed E-state index contributed by atoms with van der Waals surface area (Å²) in [7, 11) is 0. The molecule has 0 aromatic heterocycles. The van der Waals surface area contributed by atoms with E-state index < -0.39 is 17.2 Å². The third kappa shape index (κ3) is 2.24. The molecule has 4 unspecified atom stereocenters. The molecule has 2 N–H and O–H groups in total. The molecule has 1 aliphatic heterocycles. The van der Waals surface area contributed by atoms with Gasteiger partial charge >= 0.3 is 0 Å². The van der Waals surface area contributed by atoms with Crippen LogP contribution >= 0.6 is 0 Å². The number of fused-ring (bicyclic) bond motifs is 2. The Balaban J connectivity index is 1.47. The van der Waals surface area contributed by atoms with Crippen molar-refractivity contribution < 1.29 is 18.6 Å². The minimum absolute atomic E-state index is 0.132. The lowest BCUT2D eigenvalue weighted by Gasteiger charge is -2.63. The van der Waals surface area contributed by atoms with Gasteiger partial charge in [0.1, 0.15) is 17.2 Å². The van der Waals surface area contributed by atoms with Gasteiger partial charge in [0.2, 0.25) is 0 Å². The third-order valence-electron chi connectivity index (χ3n) is 6.21. The molecule has 0 radical (unpaired) electrons. The maximum Gasteiger partial charge on any atom is 0.132 e. The van der Waals surface area contributed by atoms with Crippen molar-refractivity contribution in [2.45, 2.75) is 50.4 Å². The smallest absolute Gasteiger partial charge is 0.132 e. The second-order valence-corrected chi connectivity index (χ2v) is 7.59. The Morgan fingerprint density at radius 3 is 2.83 bits per heavy atom. The summed E-state index contributed by atoms with van der Waals surface area (Å²) in [6, 6.07) is 3.67. The third-order valence-corrected chi connectivity index (χ3v) is 6.21. The maximum absolute atomic E-state index is 14.0. The summed E-state index contributed by atoms with van der Waals surface area (Å²) in [5.41, 5.74) is -1.01. The van der Waals surface area contributed by atoms with Gasteiger partial charge in [-0.05, 0) is 32.3 Å². The van der Waals surface area contributed by atoms with Gasteiger partial charge in [-0.2, -0.15) is 0 Å². The molecule has 1 heterocycles. The Hall–Kier alpha value is -1.04. The van der Waals surface area contributed by atoms with E-state index in [0.29, 0.717) is 18.1 Å². The zero-order valence-electron chi connectivity index (χ0n) is 13.3. The van der Waals surface area contributed by atoms with E-state index in [1.54, 1.807) is 6.92 Å². The van der Waals surface area contributed by atoms with Gasteiger partial charge < -0.3 is 15.2 Å². The van der Waals surface area contributed by atoms with E-state index >= 15 is 0 Å². The fraction of sp³-hybridized carbons (Fsp3) is 0.667. The second-order valence-electron chi connectivity index (χ2n) is 7.59. The normalized spacial score (nSPS) is 33.7. The lowest BCUT2D eigenvalue weighted by atomic mass is 9.46. The Labute approximate surface area is 135 Å². The van der Waals surface area contributed by atoms with Crippen molar-refractivity contribution in [3.05, 3.63) is 35.4 Å². The van der Waals surface area contributed by atoms with Gasteiger partial charge in [-0.15, -0.1) is 0 Å². The minimum atomic E-state index is -1.37. The van der Waals surface area contributed by atoms with Gasteiger partial charge in [0.15, 0.2) is 0 Å². The van der Waals surface area contributed by atoms with E-state index in [9.17, 15) is 13.9 Å². The van der Waals surface area contributed by atoms with E-state index in [1.807, 2.05) is 0 Å². The highest BCUT2D eigenvalue weighted by atomic mass is 19.1. The molecule has 3 fully saturated rings. The van der Waals surface area contributed by atoms with Crippen molar-refractivity contribution in [3.8, 4) is 0 Å². The van der Waals surface area contributed by atoms with E-state index in [4.69, 9.17) is 4.74 Å². The van der Waals surface area contributed by atoms with Crippen LogP contribution in [0.3, 0.4) is 0 Å². The molecular weight excluding hydrogens is 300 g/mol. The molecule has 2 aliphatic carbocycles. The van der Waals surface area contributed by atoms with Crippen LogP contribution in [0.15, 0.2) is 18.2 Å². The number of rotatable bonds is 4. The van der Waals surface area contributed by atoms with Crippen LogP contribution in [0.2, 0.25) is 0 Å². The van der Waals surface area contributed by atoms with Crippen LogP contribution in [0.1, 0.15) is 38.2 Å². The van der Waals surface area contributed by atoms with Crippen molar-refractivity contribution in [1.82, 2.24) is 5.32 Å². The fourth-order valence-corrected chi connectivity index (χ4v) is 4.89. The standard InChI is InChI=1S/C18H23F2NO2/c1-17(22,13-4-3-11(19)9-14(13)20)10-21-15-12-5-8-23-16(12)18(15)6-2-7-18/h3-4,9,12,15-16,21-22H,2,5-8,10H2,1H3. The predicted octanol–water partition coefficient (Wildman–Crippen LogP) is 2.72. The number of halogens is 2. The maximum atomic E-state index is 14.0. The second kappa shape index (κ2) is 5.23. The Morgan fingerprint density at radius 2 is 2.17 bits per heavy atom. The van der Waals surface area contributed by atoms with Crippen LogP contribution in [-0.2, 0) is 10.3 Å². The zero-order chi connectivity index (χ0) is 16.2. The Kier molecular flexibility index (Phi) is 3.52. The van der Waals surface area contributed by atoms with Crippen molar-refractivity contribution >= 4 is 0 Å². The molecule has 23 heavy (non-hydrogen) atoms. The number of ether oxygens (including phenoxy) is 1. The highest BCUT2D eigenvalue weighted by Crippen LogP contribution is 2.62. The number of nitrogens with one attached hydrogen (secondary N) is 1. The fourth-order valence-electron chi connectivity index (χ4n) is 4.89. The zero-order valence-corrected chi connectivity index (χ0v) is 13.3. The van der Waals surface area contributed by atoms with Gasteiger partial charge in [-0.25, -0.2) is 8.78 Å². The molecule has 1 aromatic carbocycles. The van der Waals surface area contributed by atoms with Crippen LogP contribution in [0.25, 0.3) is 0 Å². The summed E-state index contributed by atoms with van der Waals surface area (Å²) in [6.07, 6.45) is 4.98. The summed E-state index contributed by atoms with van der Waals surface area (Å²) in [4.78, 5) is 0. The van der Waals surface area contributed by atoms with Crippen molar-refractivity contribution in [1.29, 1.82) is 0 Å². The van der Waals surface area contributed by atoms with E-state index in [2.05, 4.69) is 5.32 Å². The molecule has 5 heteroatoms. The van der Waals surface area contributed by atoms with Crippen LogP contribution in [-0.4, -0.2) is 30.4 Å². The molecule has 3 nitrogen and oxygen atoms in total. The van der Waals surface area contributed by atoms with Crippen LogP contribution in [0, 0.1) is 23.0 Å². The Morgan fingerprint density at radius 1 is 1.39 bits per heavy atom. The highest BCUT2D eigenvalue weighted by molar-refractivity contribution is 5.25. The molecule has 126 valence electrons. The molecule has 4 rings (SSSR count). The summed E-state index contributed by atoms with van der Waals surface area (Å²) in [5, 5.41) is 14.1. The van der Waals surface area contributed by atoms with Gasteiger partial charge in [-0.1, -0.05) is 12.5 Å². The quantitative estimate of drug-likeness (QED) is 0.895. The van der Waals surface area contributed by atoms with Crippen LogP contribution in [0.4, 0.5) is 8.78 Å². The molecule has 1 aromatic rings. The number of aliphatic hydroxyl groups is 1. The first kappa shape index (κ1) is 15.5. The largest absolute Gasteiger partial charge is 0.384 e. The molecule has 3 aliphatic rings. The monoisotopic (exact) mass is 323 g/mol. The SMILES string of the molecule is CC(O)(CNC1C2CCOC2C12CCC2)c1ccc(F)cc1F. The van der Waals surface area contributed by atoms with Crippen molar-refractivity contribution in [2.24, 2.45) is 11.3 Å². The van der Waals surface area contributed by atoms with Gasteiger partial charge in [0.25, 0.3) is 0 Å². The highest BCUT2D eigenvalue weighted by Gasteiger charge is 2.66. The van der Waals surface area contributed by atoms with E-state index in [1.165, 1.54) is 31.4 Å². The lowest BCUT2D eigenvalue weighted by Crippen LogP contribution is -2.71.